The minimum absolute atomic E-state index is 0.0678. The summed E-state index contributed by atoms with van der Waals surface area (Å²) in [6.07, 6.45) is 1.84. The van der Waals surface area contributed by atoms with Gasteiger partial charge in [-0.05, 0) is 42.5 Å². The zero-order valence-electron chi connectivity index (χ0n) is 12.2. The quantitative estimate of drug-likeness (QED) is 0.919. The van der Waals surface area contributed by atoms with E-state index in [1.54, 1.807) is 12.1 Å². The number of hydrogen-bond donors (Lipinski definition) is 1. The predicted molar refractivity (Wildman–Crippen MR) is 84.1 cm³/mol. The molecule has 1 heterocycles. The van der Waals surface area contributed by atoms with E-state index in [9.17, 15) is 4.79 Å². The van der Waals surface area contributed by atoms with Gasteiger partial charge in [-0.3, -0.25) is 4.79 Å². The van der Waals surface area contributed by atoms with Crippen LogP contribution in [0.25, 0.3) is 0 Å². The topological polar surface area (TPSA) is 32.3 Å². The Balaban J connectivity index is 1.76. The van der Waals surface area contributed by atoms with Crippen molar-refractivity contribution < 1.29 is 4.79 Å². The minimum Gasteiger partial charge on any atom is -0.326 e. The van der Waals surface area contributed by atoms with Crippen LogP contribution in [0, 0.1) is 11.8 Å². The molecular weight excluding hydrogens is 272 g/mol. The second kappa shape index (κ2) is 7.09. The van der Waals surface area contributed by atoms with Gasteiger partial charge in [0.2, 0.25) is 5.91 Å². The Hall–Kier alpha value is -1.06. The number of hydrogen-bond acceptors (Lipinski definition) is 2. The van der Waals surface area contributed by atoms with Gasteiger partial charge in [0.05, 0.1) is 0 Å². The lowest BCUT2D eigenvalue weighted by Crippen LogP contribution is -2.40. The van der Waals surface area contributed by atoms with Gasteiger partial charge in [-0.15, -0.1) is 0 Å². The Morgan fingerprint density at radius 2 is 1.85 bits per heavy atom. The van der Waals surface area contributed by atoms with Crippen molar-refractivity contribution in [1.82, 2.24) is 4.90 Å². The first-order valence-electron chi connectivity index (χ1n) is 7.30. The van der Waals surface area contributed by atoms with Crippen LogP contribution in [0.3, 0.4) is 0 Å². The number of benzene rings is 1. The van der Waals surface area contributed by atoms with E-state index in [2.05, 4.69) is 24.1 Å². The number of nitrogens with zero attached hydrogens (tertiary/aromatic N) is 1. The van der Waals surface area contributed by atoms with Crippen molar-refractivity contribution in [3.05, 3.63) is 29.3 Å². The average Bonchev–Trinajstić information content (AvgIpc) is 2.38. The lowest BCUT2D eigenvalue weighted by Gasteiger charge is -2.34. The van der Waals surface area contributed by atoms with Crippen LogP contribution < -0.4 is 5.32 Å². The molecule has 0 spiro atoms. The average molecular weight is 295 g/mol. The van der Waals surface area contributed by atoms with Crippen molar-refractivity contribution in [2.45, 2.75) is 26.7 Å². The molecule has 1 aromatic carbocycles. The SMILES string of the molecule is C[C@H]1C[C@H](C)CN(CCC(=O)Nc2ccc(Cl)cc2)C1. The van der Waals surface area contributed by atoms with Crippen LogP contribution in [0.4, 0.5) is 5.69 Å². The van der Waals surface area contributed by atoms with Gasteiger partial charge in [0.25, 0.3) is 0 Å². The van der Waals surface area contributed by atoms with Crippen LogP contribution in [0.15, 0.2) is 24.3 Å². The number of anilines is 1. The summed E-state index contributed by atoms with van der Waals surface area (Å²) < 4.78 is 0. The van der Waals surface area contributed by atoms with Crippen LogP contribution in [0.5, 0.6) is 0 Å². The number of carbonyl (C=O) groups excluding carboxylic acids is 1. The largest absolute Gasteiger partial charge is 0.326 e. The molecule has 3 nitrogen and oxygen atoms in total. The number of nitrogens with one attached hydrogen (secondary N) is 1. The second-order valence-electron chi connectivity index (χ2n) is 6.01. The summed E-state index contributed by atoms with van der Waals surface area (Å²) in [5.74, 6) is 1.54. The summed E-state index contributed by atoms with van der Waals surface area (Å²) in [5.41, 5.74) is 0.805. The van der Waals surface area contributed by atoms with Gasteiger partial charge >= 0.3 is 0 Å². The Morgan fingerprint density at radius 3 is 2.45 bits per heavy atom. The fraction of sp³-hybridized carbons (Fsp3) is 0.562. The summed E-state index contributed by atoms with van der Waals surface area (Å²) in [4.78, 5) is 14.3. The third kappa shape index (κ3) is 4.80. The maximum absolute atomic E-state index is 11.9. The van der Waals surface area contributed by atoms with Crippen molar-refractivity contribution in [3.63, 3.8) is 0 Å². The van der Waals surface area contributed by atoms with Crippen LogP contribution in [0.1, 0.15) is 26.7 Å². The number of likely N-dealkylation sites (tertiary alicyclic amines) is 1. The molecule has 2 rings (SSSR count). The molecule has 1 aliphatic heterocycles. The van der Waals surface area contributed by atoms with E-state index < -0.39 is 0 Å². The monoisotopic (exact) mass is 294 g/mol. The molecule has 4 heteroatoms. The Kier molecular flexibility index (Phi) is 5.44. The standard InChI is InChI=1S/C16H23ClN2O/c1-12-9-13(2)11-19(10-12)8-7-16(20)18-15-5-3-14(17)4-6-15/h3-6,12-13H,7-11H2,1-2H3,(H,18,20)/t12-,13-/m0/s1. The maximum Gasteiger partial charge on any atom is 0.225 e. The second-order valence-corrected chi connectivity index (χ2v) is 6.45. The first kappa shape index (κ1) is 15.3. The lowest BCUT2D eigenvalue weighted by atomic mass is 9.92. The van der Waals surface area contributed by atoms with Crippen molar-refractivity contribution in [2.24, 2.45) is 11.8 Å². The number of halogens is 1. The first-order chi connectivity index (χ1) is 9.52. The van der Waals surface area contributed by atoms with E-state index in [0.717, 1.165) is 37.2 Å². The molecular formula is C16H23ClN2O. The van der Waals surface area contributed by atoms with E-state index in [4.69, 9.17) is 11.6 Å². The van der Waals surface area contributed by atoms with Crippen molar-refractivity contribution in [1.29, 1.82) is 0 Å². The van der Waals surface area contributed by atoms with Gasteiger partial charge < -0.3 is 10.2 Å². The molecule has 0 aromatic heterocycles. The lowest BCUT2D eigenvalue weighted by molar-refractivity contribution is -0.116. The predicted octanol–water partition coefficient (Wildman–Crippen LogP) is 3.65. The normalized spacial score (nSPS) is 23.6. The van der Waals surface area contributed by atoms with Crippen LogP contribution in [0.2, 0.25) is 5.02 Å². The van der Waals surface area contributed by atoms with Crippen LogP contribution in [-0.2, 0) is 4.79 Å². The highest BCUT2D eigenvalue weighted by Crippen LogP contribution is 2.21. The summed E-state index contributed by atoms with van der Waals surface area (Å²) in [6, 6.07) is 7.22. The van der Waals surface area contributed by atoms with Crippen molar-refractivity contribution in [2.75, 3.05) is 25.0 Å². The van der Waals surface area contributed by atoms with Crippen LogP contribution in [-0.4, -0.2) is 30.4 Å². The number of rotatable bonds is 4. The highest BCUT2D eigenvalue weighted by Gasteiger charge is 2.21. The number of amides is 1. The summed E-state index contributed by atoms with van der Waals surface area (Å²) in [6.45, 7) is 7.64. The van der Waals surface area contributed by atoms with Gasteiger partial charge in [0, 0.05) is 36.8 Å². The molecule has 0 bridgehead atoms. The molecule has 0 aliphatic carbocycles. The fourth-order valence-electron chi connectivity index (χ4n) is 2.99. The minimum atomic E-state index is 0.0678. The third-order valence-electron chi connectivity index (χ3n) is 3.73. The molecule has 20 heavy (non-hydrogen) atoms. The van der Waals surface area contributed by atoms with Crippen LogP contribution >= 0.6 is 11.6 Å². The van der Waals surface area contributed by atoms with Gasteiger partial charge in [-0.1, -0.05) is 25.4 Å². The van der Waals surface area contributed by atoms with Crippen molar-refractivity contribution in [3.8, 4) is 0 Å². The Labute approximate surface area is 126 Å². The first-order valence-corrected chi connectivity index (χ1v) is 7.68. The Bertz CT molecular complexity index is 436. The summed E-state index contributed by atoms with van der Waals surface area (Å²) >= 11 is 5.82. The molecule has 1 amide bonds. The fourth-order valence-corrected chi connectivity index (χ4v) is 3.12. The molecule has 1 saturated heterocycles. The van der Waals surface area contributed by atoms with E-state index in [1.807, 2.05) is 12.1 Å². The van der Waals surface area contributed by atoms with E-state index in [-0.39, 0.29) is 5.91 Å². The molecule has 0 saturated carbocycles. The molecule has 0 radical (unpaired) electrons. The third-order valence-corrected chi connectivity index (χ3v) is 3.98. The number of piperidine rings is 1. The van der Waals surface area contributed by atoms with Crippen molar-refractivity contribution >= 4 is 23.2 Å². The molecule has 110 valence electrons. The van der Waals surface area contributed by atoms with Gasteiger partial charge in [-0.25, -0.2) is 0 Å². The highest BCUT2D eigenvalue weighted by molar-refractivity contribution is 6.30. The van der Waals surface area contributed by atoms with Gasteiger partial charge in [0.1, 0.15) is 0 Å². The summed E-state index contributed by atoms with van der Waals surface area (Å²) in [5, 5.41) is 3.59. The van der Waals surface area contributed by atoms with Gasteiger partial charge in [-0.2, -0.15) is 0 Å². The van der Waals surface area contributed by atoms with E-state index in [0.29, 0.717) is 11.4 Å². The molecule has 1 fully saturated rings. The highest BCUT2D eigenvalue weighted by atomic mass is 35.5. The van der Waals surface area contributed by atoms with E-state index in [1.165, 1.54) is 6.42 Å². The molecule has 1 aromatic rings. The van der Waals surface area contributed by atoms with E-state index >= 15 is 0 Å². The molecule has 1 N–H and O–H groups in total. The Morgan fingerprint density at radius 1 is 1.25 bits per heavy atom. The molecule has 2 atom stereocenters. The zero-order chi connectivity index (χ0) is 14.5. The molecule has 1 aliphatic rings. The maximum atomic E-state index is 11.9. The molecule has 0 unspecified atom stereocenters. The zero-order valence-corrected chi connectivity index (χ0v) is 13.0. The van der Waals surface area contributed by atoms with Gasteiger partial charge in [0.15, 0.2) is 0 Å². The summed E-state index contributed by atoms with van der Waals surface area (Å²) in [7, 11) is 0. The smallest absolute Gasteiger partial charge is 0.225 e. The number of carbonyl (C=O) groups is 1.